The van der Waals surface area contributed by atoms with Gasteiger partial charge in [0, 0.05) is 28.4 Å². The van der Waals surface area contributed by atoms with E-state index in [1.165, 1.54) is 24.3 Å². The van der Waals surface area contributed by atoms with Crippen LogP contribution in [-0.2, 0) is 10.0 Å². The average molecular weight is 554 g/mol. The molecule has 0 atom stereocenters. The summed E-state index contributed by atoms with van der Waals surface area (Å²) in [6.07, 6.45) is 0. The Kier molecular flexibility index (Phi) is 6.27. The molecule has 0 saturated heterocycles. The van der Waals surface area contributed by atoms with Crippen LogP contribution in [0, 0.1) is 13.8 Å². The SMILES string of the molecule is Cc1cc(NS(=O)(=O)c2ccc(NC(=O)c3cc(-c4ccc5c(c4)OCO5)nc4ccccc34)cc2)nc(C)n1. The quantitative estimate of drug-likeness (QED) is 0.297. The molecule has 40 heavy (non-hydrogen) atoms. The minimum absolute atomic E-state index is 0.0267. The van der Waals surface area contributed by atoms with E-state index in [-0.39, 0.29) is 23.4 Å². The maximum Gasteiger partial charge on any atom is 0.263 e. The van der Waals surface area contributed by atoms with Gasteiger partial charge in [-0.05, 0) is 68.4 Å². The number of hydrogen-bond donors (Lipinski definition) is 2. The summed E-state index contributed by atoms with van der Waals surface area (Å²) in [5, 5.41) is 3.55. The van der Waals surface area contributed by atoms with Gasteiger partial charge < -0.3 is 14.8 Å². The lowest BCUT2D eigenvalue weighted by Gasteiger charge is -2.12. The molecule has 2 N–H and O–H groups in total. The third-order valence-corrected chi connectivity index (χ3v) is 7.63. The Balaban J connectivity index is 1.26. The number of aryl methyl sites for hydroxylation is 2. The van der Waals surface area contributed by atoms with Crippen molar-refractivity contribution in [3.63, 3.8) is 0 Å². The van der Waals surface area contributed by atoms with Crippen LogP contribution in [0.15, 0.2) is 83.8 Å². The molecule has 1 aliphatic rings. The zero-order chi connectivity index (χ0) is 27.9. The Hall–Kier alpha value is -5.03. The Morgan fingerprint density at radius 1 is 0.850 bits per heavy atom. The van der Waals surface area contributed by atoms with E-state index in [9.17, 15) is 13.2 Å². The van der Waals surface area contributed by atoms with E-state index >= 15 is 0 Å². The topological polar surface area (TPSA) is 132 Å². The fraction of sp³-hybridized carbons (Fsp3) is 0.103. The first-order valence-electron chi connectivity index (χ1n) is 12.3. The van der Waals surface area contributed by atoms with Crippen molar-refractivity contribution in [3.8, 4) is 22.8 Å². The van der Waals surface area contributed by atoms with Gasteiger partial charge in [-0.1, -0.05) is 18.2 Å². The zero-order valence-corrected chi connectivity index (χ0v) is 22.3. The second kappa shape index (κ2) is 9.93. The van der Waals surface area contributed by atoms with E-state index in [0.717, 1.165) is 5.56 Å². The Labute approximate surface area is 230 Å². The summed E-state index contributed by atoms with van der Waals surface area (Å²) in [5.41, 5.74) is 3.54. The molecule has 0 spiro atoms. The molecule has 3 heterocycles. The van der Waals surface area contributed by atoms with Crippen molar-refractivity contribution < 1.29 is 22.7 Å². The van der Waals surface area contributed by atoms with Crippen molar-refractivity contribution in [2.24, 2.45) is 0 Å². The van der Waals surface area contributed by atoms with Crippen molar-refractivity contribution in [1.29, 1.82) is 0 Å². The molecule has 5 aromatic rings. The number of carbonyl (C=O) groups excluding carboxylic acids is 1. The molecule has 10 nitrogen and oxygen atoms in total. The minimum Gasteiger partial charge on any atom is -0.454 e. The van der Waals surface area contributed by atoms with Crippen molar-refractivity contribution in [1.82, 2.24) is 15.0 Å². The highest BCUT2D eigenvalue weighted by atomic mass is 32.2. The number of aromatic nitrogens is 3. The van der Waals surface area contributed by atoms with Gasteiger partial charge in [0.2, 0.25) is 6.79 Å². The lowest BCUT2D eigenvalue weighted by molar-refractivity contribution is 0.102. The van der Waals surface area contributed by atoms with Crippen LogP contribution in [0.4, 0.5) is 11.5 Å². The summed E-state index contributed by atoms with van der Waals surface area (Å²) in [5.74, 6) is 1.56. The van der Waals surface area contributed by atoms with E-state index < -0.39 is 10.0 Å². The van der Waals surface area contributed by atoms with E-state index in [1.54, 1.807) is 26.0 Å². The van der Waals surface area contributed by atoms with Crippen LogP contribution in [0.25, 0.3) is 22.2 Å². The third kappa shape index (κ3) is 5.02. The van der Waals surface area contributed by atoms with Crippen molar-refractivity contribution in [3.05, 3.63) is 95.9 Å². The van der Waals surface area contributed by atoms with E-state index in [0.29, 0.717) is 50.9 Å². The fourth-order valence-corrected chi connectivity index (χ4v) is 5.44. The largest absolute Gasteiger partial charge is 0.454 e. The van der Waals surface area contributed by atoms with Gasteiger partial charge in [-0.25, -0.2) is 23.4 Å². The van der Waals surface area contributed by atoms with Gasteiger partial charge >= 0.3 is 0 Å². The van der Waals surface area contributed by atoms with Gasteiger partial charge in [0.05, 0.1) is 21.7 Å². The van der Waals surface area contributed by atoms with Crippen molar-refractivity contribution in [2.75, 3.05) is 16.8 Å². The zero-order valence-electron chi connectivity index (χ0n) is 21.5. The minimum atomic E-state index is -3.89. The number of ether oxygens (including phenoxy) is 2. The van der Waals surface area contributed by atoms with Gasteiger partial charge in [-0.15, -0.1) is 0 Å². The normalized spacial score (nSPS) is 12.3. The van der Waals surface area contributed by atoms with E-state index in [4.69, 9.17) is 14.5 Å². The number of para-hydroxylation sites is 1. The molecule has 0 bridgehead atoms. The predicted octanol–water partition coefficient (Wildman–Crippen LogP) is 5.09. The number of benzene rings is 3. The van der Waals surface area contributed by atoms with E-state index in [2.05, 4.69) is 20.0 Å². The van der Waals surface area contributed by atoms with Crippen LogP contribution >= 0.6 is 0 Å². The second-order valence-corrected chi connectivity index (χ2v) is 10.8. The summed E-state index contributed by atoms with van der Waals surface area (Å²) in [6.45, 7) is 3.61. The van der Waals surface area contributed by atoms with E-state index in [1.807, 2.05) is 42.5 Å². The van der Waals surface area contributed by atoms with Crippen LogP contribution in [0.3, 0.4) is 0 Å². The third-order valence-electron chi connectivity index (χ3n) is 6.26. The predicted molar refractivity (Wildman–Crippen MR) is 150 cm³/mol. The molecule has 0 aliphatic carbocycles. The van der Waals surface area contributed by atoms with Gasteiger partial charge in [0.15, 0.2) is 11.5 Å². The summed E-state index contributed by atoms with van der Waals surface area (Å²) in [6, 6.07) is 22.1. The molecule has 200 valence electrons. The fourth-order valence-electron chi connectivity index (χ4n) is 4.45. The average Bonchev–Trinajstić information content (AvgIpc) is 3.40. The summed E-state index contributed by atoms with van der Waals surface area (Å²) >= 11 is 0. The summed E-state index contributed by atoms with van der Waals surface area (Å²) in [7, 11) is -3.89. The molecule has 6 rings (SSSR count). The highest BCUT2D eigenvalue weighted by Crippen LogP contribution is 2.36. The molecular formula is C29H23N5O5S. The van der Waals surface area contributed by atoms with Gasteiger partial charge in [0.25, 0.3) is 15.9 Å². The Morgan fingerprint density at radius 3 is 2.42 bits per heavy atom. The maximum absolute atomic E-state index is 13.5. The van der Waals surface area contributed by atoms with Crippen LogP contribution in [0.1, 0.15) is 21.9 Å². The number of sulfonamides is 1. The molecule has 0 fully saturated rings. The monoisotopic (exact) mass is 553 g/mol. The molecule has 1 amide bonds. The standard InChI is InChI=1S/C29H23N5O5S/c1-17-13-28(31-18(2)30-17)34-40(36,37)21-10-8-20(9-11-21)32-29(35)23-15-25(33-24-6-4-3-5-22(23)24)19-7-12-26-27(14-19)39-16-38-26/h3-15H,16H2,1-2H3,(H,32,35)(H,30,31,34). The summed E-state index contributed by atoms with van der Waals surface area (Å²) in [4.78, 5) is 26.5. The lowest BCUT2D eigenvalue weighted by atomic mass is 10.0. The molecule has 3 aromatic carbocycles. The molecule has 2 aromatic heterocycles. The second-order valence-electron chi connectivity index (χ2n) is 9.17. The lowest BCUT2D eigenvalue weighted by Crippen LogP contribution is -2.15. The van der Waals surface area contributed by atoms with Crippen LogP contribution < -0.4 is 19.5 Å². The molecule has 1 aliphatic heterocycles. The maximum atomic E-state index is 13.5. The smallest absolute Gasteiger partial charge is 0.263 e. The number of pyridine rings is 1. The molecule has 11 heteroatoms. The highest BCUT2D eigenvalue weighted by molar-refractivity contribution is 7.92. The number of fused-ring (bicyclic) bond motifs is 2. The number of carbonyl (C=O) groups is 1. The molecule has 0 saturated carbocycles. The molecule has 0 unspecified atom stereocenters. The number of nitrogens with zero attached hydrogens (tertiary/aromatic N) is 3. The number of amides is 1. The first-order valence-corrected chi connectivity index (χ1v) is 13.8. The van der Waals surface area contributed by atoms with Crippen molar-refractivity contribution in [2.45, 2.75) is 18.7 Å². The first-order chi connectivity index (χ1) is 19.2. The highest BCUT2D eigenvalue weighted by Gasteiger charge is 2.19. The molecule has 0 radical (unpaired) electrons. The number of hydrogen-bond acceptors (Lipinski definition) is 8. The first kappa shape index (κ1) is 25.3. The van der Waals surface area contributed by atoms with Crippen molar-refractivity contribution >= 4 is 38.3 Å². The van der Waals surface area contributed by atoms with Crippen LogP contribution in [0.2, 0.25) is 0 Å². The van der Waals surface area contributed by atoms with Gasteiger partial charge in [0.1, 0.15) is 11.6 Å². The number of nitrogens with one attached hydrogen (secondary N) is 2. The number of anilines is 2. The van der Waals surface area contributed by atoms with Crippen LogP contribution in [-0.4, -0.2) is 36.1 Å². The number of rotatable bonds is 6. The molecular weight excluding hydrogens is 530 g/mol. The summed E-state index contributed by atoms with van der Waals surface area (Å²) < 4.78 is 39.1. The Morgan fingerprint density at radius 2 is 1.62 bits per heavy atom. The van der Waals surface area contributed by atoms with Crippen LogP contribution in [0.5, 0.6) is 11.5 Å². The van der Waals surface area contributed by atoms with Gasteiger partial charge in [-0.3, -0.25) is 9.52 Å². The Bertz CT molecular complexity index is 1870. The van der Waals surface area contributed by atoms with Gasteiger partial charge in [-0.2, -0.15) is 0 Å².